The van der Waals surface area contributed by atoms with Crippen molar-refractivity contribution in [2.45, 2.75) is 36.4 Å². The highest BCUT2D eigenvalue weighted by molar-refractivity contribution is 5.84. The van der Waals surface area contributed by atoms with Crippen LogP contribution < -0.4 is 9.47 Å². The summed E-state index contributed by atoms with van der Waals surface area (Å²) in [6, 6.07) is 3.09. The van der Waals surface area contributed by atoms with Crippen LogP contribution in [0, 0.1) is 5.92 Å². The van der Waals surface area contributed by atoms with E-state index >= 15 is 0 Å². The fourth-order valence-corrected chi connectivity index (χ4v) is 4.27. The summed E-state index contributed by atoms with van der Waals surface area (Å²) in [4.78, 5) is 22.8. The lowest BCUT2D eigenvalue weighted by Crippen LogP contribution is -2.74. The van der Waals surface area contributed by atoms with Gasteiger partial charge in [-0.2, -0.15) is 4.89 Å². The first-order valence-corrected chi connectivity index (χ1v) is 9.68. The van der Waals surface area contributed by atoms with Crippen LogP contribution in [0.15, 0.2) is 12.1 Å². The number of benzene rings is 1. The Balaban J connectivity index is 1.93. The zero-order chi connectivity index (χ0) is 23.9. The van der Waals surface area contributed by atoms with Crippen LogP contribution in [0.1, 0.15) is 23.6 Å². The number of carbonyl (C=O) groups is 1. The van der Waals surface area contributed by atoms with Gasteiger partial charge >= 0.3 is 11.8 Å². The maximum Gasteiger partial charge on any atom is 0.341 e. The van der Waals surface area contributed by atoms with Gasteiger partial charge in [0.2, 0.25) is 5.79 Å². The summed E-state index contributed by atoms with van der Waals surface area (Å²) in [5.74, 6) is -13.7. The first kappa shape index (κ1) is 24.7. The summed E-state index contributed by atoms with van der Waals surface area (Å²) in [5.41, 5.74) is 1.70. The van der Waals surface area contributed by atoms with E-state index < -0.39 is 42.1 Å². The molecule has 180 valence electrons. The van der Waals surface area contributed by atoms with Crippen LogP contribution in [-0.4, -0.2) is 98.1 Å². The van der Waals surface area contributed by atoms with Gasteiger partial charge < -0.3 is 45.2 Å². The lowest BCUT2D eigenvalue weighted by molar-refractivity contribution is -0.588. The molecular weight excluding hydrogens is 434 g/mol. The zero-order valence-electron chi connectivity index (χ0n) is 17.5. The molecule has 32 heavy (non-hydrogen) atoms. The van der Waals surface area contributed by atoms with Gasteiger partial charge in [-0.05, 0) is 29.7 Å². The highest BCUT2D eigenvalue weighted by Crippen LogP contribution is 2.45. The average molecular weight is 461 g/mol. The molecule has 2 heterocycles. The van der Waals surface area contributed by atoms with Gasteiger partial charge in [0.25, 0.3) is 0 Å². The Morgan fingerprint density at radius 2 is 1.69 bits per heavy atom. The monoisotopic (exact) mass is 461 g/mol. The van der Waals surface area contributed by atoms with Crippen molar-refractivity contribution in [3.8, 4) is 11.5 Å². The van der Waals surface area contributed by atoms with Crippen molar-refractivity contribution < 1.29 is 59.8 Å². The van der Waals surface area contributed by atoms with Crippen LogP contribution in [0.4, 0.5) is 0 Å². The highest BCUT2D eigenvalue weighted by atomic mass is 17.2. The highest BCUT2D eigenvalue weighted by Gasteiger charge is 2.70. The Hall–Kier alpha value is -1.91. The first-order valence-electron chi connectivity index (χ1n) is 9.68. The van der Waals surface area contributed by atoms with Crippen LogP contribution >= 0.6 is 0 Å². The molecule has 1 aromatic rings. The van der Waals surface area contributed by atoms with E-state index in [0.717, 1.165) is 11.1 Å². The number of fused-ring (bicyclic) bond motifs is 3. The lowest BCUT2D eigenvalue weighted by atomic mass is 9.77. The van der Waals surface area contributed by atoms with Gasteiger partial charge in [-0.3, -0.25) is 9.69 Å². The topological polar surface area (TPSA) is 199 Å². The number of ether oxygens (including phenoxy) is 2. The number of hydrogen-bond acceptors (Lipinski definition) is 13. The van der Waals surface area contributed by atoms with E-state index in [1.165, 1.54) is 14.2 Å². The molecule has 0 spiro atoms. The molecule has 7 N–H and O–H groups in total. The number of rotatable bonds is 8. The number of hydrogen-bond donors (Lipinski definition) is 7. The predicted octanol–water partition coefficient (Wildman–Crippen LogP) is -2.91. The summed E-state index contributed by atoms with van der Waals surface area (Å²) in [7, 11) is 2.97. The molecule has 13 nitrogen and oxygen atoms in total. The van der Waals surface area contributed by atoms with Crippen molar-refractivity contribution in [2.75, 3.05) is 34.1 Å². The van der Waals surface area contributed by atoms with Gasteiger partial charge in [0.15, 0.2) is 18.3 Å². The molecule has 0 radical (unpaired) electrons. The second-order valence-electron chi connectivity index (χ2n) is 7.73. The minimum atomic E-state index is -4.28. The van der Waals surface area contributed by atoms with Gasteiger partial charge in [-0.1, -0.05) is 0 Å². The third kappa shape index (κ3) is 3.97. The van der Waals surface area contributed by atoms with Crippen LogP contribution in [-0.2, 0) is 21.0 Å². The summed E-state index contributed by atoms with van der Waals surface area (Å²) < 4.78 is 10.6. The molecule has 2 aliphatic heterocycles. The predicted molar refractivity (Wildman–Crippen MR) is 101 cm³/mol. The second-order valence-corrected chi connectivity index (χ2v) is 7.73. The molecule has 1 fully saturated rings. The van der Waals surface area contributed by atoms with Gasteiger partial charge in [-0.15, -0.1) is 0 Å². The fourth-order valence-electron chi connectivity index (χ4n) is 4.27. The van der Waals surface area contributed by atoms with Gasteiger partial charge in [-0.25, -0.2) is 4.89 Å². The Morgan fingerprint density at radius 3 is 2.25 bits per heavy atom. The number of Topliss-reactive ketones (excluding diaryl/α,β-unsaturated/α-hetero) is 1. The number of aliphatic hydroxyl groups excluding tert-OH is 1. The molecule has 0 saturated carbocycles. The number of aliphatic hydroxyl groups is 7. The molecule has 3 unspecified atom stereocenters. The van der Waals surface area contributed by atoms with Crippen LogP contribution in [0.25, 0.3) is 0 Å². The minimum absolute atomic E-state index is 0.234. The Bertz CT molecular complexity index is 853. The summed E-state index contributed by atoms with van der Waals surface area (Å²) in [5, 5.41) is 68.7. The normalized spacial score (nSPS) is 23.8. The fraction of sp³-hybridized carbons (Fsp3) is 0.632. The third-order valence-electron chi connectivity index (χ3n) is 5.99. The lowest BCUT2D eigenvalue weighted by Gasteiger charge is -2.49. The first-order chi connectivity index (χ1) is 14.9. The van der Waals surface area contributed by atoms with Crippen molar-refractivity contribution in [1.82, 2.24) is 4.90 Å². The summed E-state index contributed by atoms with van der Waals surface area (Å²) in [6.45, 7) is -1.20. The van der Waals surface area contributed by atoms with Crippen molar-refractivity contribution >= 4 is 5.78 Å². The van der Waals surface area contributed by atoms with E-state index in [1.807, 2.05) is 0 Å². The minimum Gasteiger partial charge on any atom is -0.493 e. The zero-order valence-corrected chi connectivity index (χ0v) is 17.5. The quantitative estimate of drug-likeness (QED) is 0.118. The van der Waals surface area contributed by atoms with Crippen molar-refractivity contribution in [1.29, 1.82) is 0 Å². The summed E-state index contributed by atoms with van der Waals surface area (Å²) in [6.07, 6.45) is 0.289. The molecular formula is C19H27NO12. The summed E-state index contributed by atoms with van der Waals surface area (Å²) >= 11 is 0. The Morgan fingerprint density at radius 1 is 1.06 bits per heavy atom. The third-order valence-corrected chi connectivity index (χ3v) is 5.99. The van der Waals surface area contributed by atoms with E-state index in [9.17, 15) is 35.4 Å². The van der Waals surface area contributed by atoms with Crippen LogP contribution in [0.3, 0.4) is 0 Å². The van der Waals surface area contributed by atoms with Gasteiger partial charge in [0, 0.05) is 25.6 Å². The van der Waals surface area contributed by atoms with E-state index in [0.29, 0.717) is 24.5 Å². The molecule has 0 aromatic heterocycles. The number of nitrogens with zero attached hydrogens (tertiary/aromatic N) is 1. The van der Waals surface area contributed by atoms with E-state index in [4.69, 9.17) is 14.6 Å². The molecule has 0 aliphatic carbocycles. The molecule has 3 atom stereocenters. The molecule has 1 aromatic carbocycles. The number of carbonyl (C=O) groups excluding carboxylic acids is 1. The van der Waals surface area contributed by atoms with Gasteiger partial charge in [0.05, 0.1) is 20.1 Å². The largest absolute Gasteiger partial charge is 0.493 e. The van der Waals surface area contributed by atoms with Crippen molar-refractivity contribution in [3.05, 3.63) is 23.3 Å². The Kier molecular flexibility index (Phi) is 6.80. The molecule has 3 rings (SSSR count). The van der Waals surface area contributed by atoms with Crippen LogP contribution in [0.5, 0.6) is 11.5 Å². The number of methoxy groups -OCH3 is 2. The molecule has 13 heteroatoms. The van der Waals surface area contributed by atoms with Crippen molar-refractivity contribution in [3.63, 3.8) is 0 Å². The van der Waals surface area contributed by atoms with Crippen LogP contribution in [0.2, 0.25) is 0 Å². The van der Waals surface area contributed by atoms with E-state index in [1.54, 1.807) is 17.0 Å². The molecule has 1 saturated heterocycles. The molecule has 0 bridgehead atoms. The number of ketones is 1. The average Bonchev–Trinajstić information content (AvgIpc) is 2.74. The number of piperidine rings is 1. The standard InChI is InChI=1S/C19H27NO12/c1-29-15-5-10-3-4-20-8-12(14(22)7-13(20)11(10)6-16(15)30-2)17(23,24)18(25,19(26,27)28)32-31-9-21/h5-6,12-13,21,23-28H,3-4,7-9H2,1-2H3. The molecule has 0 amide bonds. The van der Waals surface area contributed by atoms with E-state index in [2.05, 4.69) is 9.78 Å². The van der Waals surface area contributed by atoms with Crippen molar-refractivity contribution in [2.24, 2.45) is 5.92 Å². The molecule has 2 aliphatic rings. The van der Waals surface area contributed by atoms with E-state index in [-0.39, 0.29) is 13.0 Å². The smallest absolute Gasteiger partial charge is 0.341 e. The SMILES string of the molecule is COc1cc2c(cc1OC)C1CC(=O)C(C(O)(O)C(O)(OOCO)C(O)(O)O)CN1CC2. The Labute approximate surface area is 182 Å². The maximum atomic E-state index is 12.9. The second kappa shape index (κ2) is 8.79. The van der Waals surface area contributed by atoms with Gasteiger partial charge in [0.1, 0.15) is 5.78 Å². The maximum absolute atomic E-state index is 12.9.